The SMILES string of the molecule is CNC(Cc1c(C)nn(C)c1Cl)c1ccnn1C. The summed E-state index contributed by atoms with van der Waals surface area (Å²) in [5, 5.41) is 12.5. The summed E-state index contributed by atoms with van der Waals surface area (Å²) in [6.07, 6.45) is 2.60. The van der Waals surface area contributed by atoms with Gasteiger partial charge in [-0.25, -0.2) is 0 Å². The topological polar surface area (TPSA) is 47.7 Å². The van der Waals surface area contributed by atoms with E-state index in [0.717, 1.165) is 23.4 Å². The number of hydrogen-bond acceptors (Lipinski definition) is 3. The maximum absolute atomic E-state index is 6.27. The van der Waals surface area contributed by atoms with E-state index in [0.29, 0.717) is 5.15 Å². The van der Waals surface area contributed by atoms with Crippen LogP contribution in [0, 0.1) is 6.92 Å². The van der Waals surface area contributed by atoms with Crippen molar-refractivity contribution in [1.82, 2.24) is 24.9 Å². The molecule has 0 spiro atoms. The van der Waals surface area contributed by atoms with Gasteiger partial charge in [0.2, 0.25) is 0 Å². The molecule has 98 valence electrons. The highest BCUT2D eigenvalue weighted by Crippen LogP contribution is 2.25. The third kappa shape index (κ3) is 2.28. The van der Waals surface area contributed by atoms with Crippen LogP contribution in [0.3, 0.4) is 0 Å². The standard InChI is InChI=1S/C12H18ClN5/c1-8-9(12(13)18(4)16-8)7-10(14-2)11-5-6-15-17(11)3/h5-6,10,14H,7H2,1-4H3. The minimum atomic E-state index is 0.179. The van der Waals surface area contributed by atoms with E-state index in [-0.39, 0.29) is 6.04 Å². The van der Waals surface area contributed by atoms with E-state index in [4.69, 9.17) is 11.6 Å². The van der Waals surface area contributed by atoms with Crippen LogP contribution < -0.4 is 5.32 Å². The normalized spacial score (nSPS) is 12.9. The first-order chi connectivity index (χ1) is 8.54. The van der Waals surface area contributed by atoms with Crippen molar-refractivity contribution >= 4 is 11.6 Å². The van der Waals surface area contributed by atoms with Gasteiger partial charge >= 0.3 is 0 Å². The van der Waals surface area contributed by atoms with Gasteiger partial charge in [-0.05, 0) is 26.5 Å². The molecule has 1 atom stereocenters. The van der Waals surface area contributed by atoms with Crippen LogP contribution in [0.1, 0.15) is 23.0 Å². The summed E-state index contributed by atoms with van der Waals surface area (Å²) in [7, 11) is 5.74. The van der Waals surface area contributed by atoms with Crippen LogP contribution in [-0.4, -0.2) is 26.6 Å². The van der Waals surface area contributed by atoms with E-state index >= 15 is 0 Å². The second kappa shape index (κ2) is 5.12. The van der Waals surface area contributed by atoms with Crippen molar-refractivity contribution in [3.8, 4) is 0 Å². The lowest BCUT2D eigenvalue weighted by molar-refractivity contribution is 0.536. The van der Waals surface area contributed by atoms with Crippen molar-refractivity contribution < 1.29 is 0 Å². The highest BCUT2D eigenvalue weighted by atomic mass is 35.5. The number of rotatable bonds is 4. The zero-order valence-corrected chi connectivity index (χ0v) is 11.9. The third-order valence-corrected chi connectivity index (χ3v) is 3.72. The van der Waals surface area contributed by atoms with E-state index in [2.05, 4.69) is 15.5 Å². The molecule has 0 saturated heterocycles. The van der Waals surface area contributed by atoms with Crippen LogP contribution in [0.15, 0.2) is 12.3 Å². The Morgan fingerprint density at radius 1 is 1.39 bits per heavy atom. The van der Waals surface area contributed by atoms with Crippen molar-refractivity contribution in [3.05, 3.63) is 34.4 Å². The number of nitrogens with one attached hydrogen (secondary N) is 1. The zero-order chi connectivity index (χ0) is 13.3. The van der Waals surface area contributed by atoms with Gasteiger partial charge in [-0.15, -0.1) is 0 Å². The number of likely N-dealkylation sites (N-methyl/N-ethyl adjacent to an activating group) is 1. The zero-order valence-electron chi connectivity index (χ0n) is 11.1. The number of hydrogen-bond donors (Lipinski definition) is 1. The predicted molar refractivity (Wildman–Crippen MR) is 71.7 cm³/mol. The Morgan fingerprint density at radius 3 is 2.56 bits per heavy atom. The molecule has 0 saturated carbocycles. The second-order valence-corrected chi connectivity index (χ2v) is 4.76. The Balaban J connectivity index is 2.29. The minimum absolute atomic E-state index is 0.179. The molecule has 2 rings (SSSR count). The molecule has 0 aliphatic carbocycles. The summed E-state index contributed by atoms with van der Waals surface area (Å²) >= 11 is 6.27. The molecular weight excluding hydrogens is 250 g/mol. The number of aromatic nitrogens is 4. The fourth-order valence-electron chi connectivity index (χ4n) is 2.19. The van der Waals surface area contributed by atoms with E-state index < -0.39 is 0 Å². The first kappa shape index (κ1) is 13.1. The Labute approximate surface area is 112 Å². The lowest BCUT2D eigenvalue weighted by Crippen LogP contribution is -2.22. The maximum Gasteiger partial charge on any atom is 0.130 e. The van der Waals surface area contributed by atoms with Crippen LogP contribution in [0.4, 0.5) is 0 Å². The smallest absolute Gasteiger partial charge is 0.130 e. The van der Waals surface area contributed by atoms with Gasteiger partial charge in [-0.3, -0.25) is 9.36 Å². The van der Waals surface area contributed by atoms with E-state index in [1.807, 2.05) is 38.8 Å². The molecule has 6 heteroatoms. The number of nitrogens with zero attached hydrogens (tertiary/aromatic N) is 4. The van der Waals surface area contributed by atoms with Gasteiger partial charge in [0.05, 0.1) is 17.4 Å². The molecule has 5 nitrogen and oxygen atoms in total. The van der Waals surface area contributed by atoms with Crippen molar-refractivity contribution in [2.24, 2.45) is 14.1 Å². The highest BCUT2D eigenvalue weighted by molar-refractivity contribution is 6.30. The molecule has 0 aliphatic heterocycles. The van der Waals surface area contributed by atoms with E-state index in [1.165, 1.54) is 0 Å². The fraction of sp³-hybridized carbons (Fsp3) is 0.500. The largest absolute Gasteiger partial charge is 0.311 e. The lowest BCUT2D eigenvalue weighted by atomic mass is 10.0. The second-order valence-electron chi connectivity index (χ2n) is 4.40. The fourth-order valence-corrected chi connectivity index (χ4v) is 2.44. The minimum Gasteiger partial charge on any atom is -0.311 e. The molecule has 0 aromatic carbocycles. The van der Waals surface area contributed by atoms with E-state index in [1.54, 1.807) is 10.9 Å². The molecule has 0 radical (unpaired) electrons. The van der Waals surface area contributed by atoms with Crippen LogP contribution in [0.5, 0.6) is 0 Å². The Hall–Kier alpha value is -1.33. The molecule has 0 fully saturated rings. The summed E-state index contributed by atoms with van der Waals surface area (Å²) in [5.41, 5.74) is 3.20. The van der Waals surface area contributed by atoms with Crippen molar-refractivity contribution in [3.63, 3.8) is 0 Å². The van der Waals surface area contributed by atoms with Crippen LogP contribution in [-0.2, 0) is 20.5 Å². The van der Waals surface area contributed by atoms with Crippen LogP contribution in [0.2, 0.25) is 5.15 Å². The van der Waals surface area contributed by atoms with Crippen molar-refractivity contribution in [1.29, 1.82) is 0 Å². The molecule has 2 aromatic rings. The number of aryl methyl sites for hydroxylation is 3. The molecule has 0 bridgehead atoms. The third-order valence-electron chi connectivity index (χ3n) is 3.24. The maximum atomic E-state index is 6.27. The van der Waals surface area contributed by atoms with Gasteiger partial charge in [0.25, 0.3) is 0 Å². The van der Waals surface area contributed by atoms with Gasteiger partial charge in [-0.2, -0.15) is 10.2 Å². The molecular formula is C12H18ClN5. The van der Waals surface area contributed by atoms with Gasteiger partial charge in [0.1, 0.15) is 5.15 Å². The molecule has 0 amide bonds. The molecule has 1 N–H and O–H groups in total. The Bertz CT molecular complexity index is 543. The monoisotopic (exact) mass is 267 g/mol. The average molecular weight is 268 g/mol. The van der Waals surface area contributed by atoms with Crippen molar-refractivity contribution in [2.75, 3.05) is 7.05 Å². The molecule has 2 heterocycles. The predicted octanol–water partition coefficient (Wildman–Crippen LogP) is 1.62. The Morgan fingerprint density at radius 2 is 2.11 bits per heavy atom. The summed E-state index contributed by atoms with van der Waals surface area (Å²) < 4.78 is 3.59. The Kier molecular flexibility index (Phi) is 3.73. The number of halogens is 1. The molecule has 1 unspecified atom stereocenters. The van der Waals surface area contributed by atoms with Gasteiger partial charge in [0.15, 0.2) is 0 Å². The van der Waals surface area contributed by atoms with Gasteiger partial charge in [-0.1, -0.05) is 11.6 Å². The van der Waals surface area contributed by atoms with Crippen LogP contribution >= 0.6 is 11.6 Å². The van der Waals surface area contributed by atoms with Crippen LogP contribution in [0.25, 0.3) is 0 Å². The molecule has 0 aliphatic rings. The molecule has 18 heavy (non-hydrogen) atoms. The summed E-state index contributed by atoms with van der Waals surface area (Å²) in [6, 6.07) is 2.19. The first-order valence-electron chi connectivity index (χ1n) is 5.87. The molecule has 2 aromatic heterocycles. The average Bonchev–Trinajstić information content (AvgIpc) is 2.84. The lowest BCUT2D eigenvalue weighted by Gasteiger charge is -2.16. The highest BCUT2D eigenvalue weighted by Gasteiger charge is 2.19. The van der Waals surface area contributed by atoms with E-state index in [9.17, 15) is 0 Å². The van der Waals surface area contributed by atoms with Gasteiger partial charge < -0.3 is 5.32 Å². The summed E-state index contributed by atoms with van der Waals surface area (Å²) in [6.45, 7) is 1.98. The van der Waals surface area contributed by atoms with Crippen molar-refractivity contribution in [2.45, 2.75) is 19.4 Å². The first-order valence-corrected chi connectivity index (χ1v) is 6.25. The van der Waals surface area contributed by atoms with Gasteiger partial charge in [0, 0.05) is 25.9 Å². The quantitative estimate of drug-likeness (QED) is 0.916. The summed E-state index contributed by atoms with van der Waals surface area (Å²) in [4.78, 5) is 0. The summed E-state index contributed by atoms with van der Waals surface area (Å²) in [5.74, 6) is 0.